The van der Waals surface area contributed by atoms with Gasteiger partial charge in [0.15, 0.2) is 0 Å². The molecule has 0 saturated heterocycles. The number of hydrogen-bond acceptors (Lipinski definition) is 2. The lowest BCUT2D eigenvalue weighted by Gasteiger charge is -2.32. The minimum Gasteiger partial charge on any atom is -0.478 e. The molecule has 190 valence electrons. The van der Waals surface area contributed by atoms with Gasteiger partial charge in [-0.05, 0) is 97.3 Å². The van der Waals surface area contributed by atoms with Crippen LogP contribution in [0.3, 0.4) is 0 Å². The number of hydrogen-bond donors (Lipinski definition) is 2. The van der Waals surface area contributed by atoms with Gasteiger partial charge < -0.3 is 10.4 Å². The topological polar surface area (TPSA) is 49.3 Å². The monoisotopic (exact) mass is 495 g/mol. The fraction of sp³-hybridized carbons (Fsp3) is 0.303. The largest absolute Gasteiger partial charge is 0.478 e. The molecular weight excluding hydrogens is 461 g/mol. The fourth-order valence-corrected chi connectivity index (χ4v) is 6.02. The first-order valence-corrected chi connectivity index (χ1v) is 13.2. The van der Waals surface area contributed by atoms with Gasteiger partial charge in [-0.2, -0.15) is 0 Å². The highest BCUT2D eigenvalue weighted by Gasteiger charge is 2.28. The van der Waals surface area contributed by atoms with E-state index in [1.54, 1.807) is 6.07 Å². The number of benzene rings is 4. The molecule has 2 N–H and O–H groups in total. The first-order valence-electron chi connectivity index (χ1n) is 13.2. The lowest BCUT2D eigenvalue weighted by molar-refractivity contribution is 0.0696. The summed E-state index contributed by atoms with van der Waals surface area (Å²) in [5, 5.41) is 14.9. The Bertz CT molecular complexity index is 1430. The second-order valence-corrected chi connectivity index (χ2v) is 10.4. The molecule has 4 aromatic carbocycles. The molecule has 3 atom stereocenters. The highest BCUT2D eigenvalue weighted by Crippen LogP contribution is 2.41. The average Bonchev–Trinajstić information content (AvgIpc) is 2.91. The second kappa shape index (κ2) is 10.9. The molecule has 0 heterocycles. The highest BCUT2D eigenvalue weighted by molar-refractivity contribution is 5.89. The number of nitrogens with one attached hydrogen (secondary N) is 1. The molecule has 1 aliphatic rings. The van der Waals surface area contributed by atoms with Gasteiger partial charge in [-0.1, -0.05) is 66.7 Å². The van der Waals surface area contributed by atoms with E-state index in [4.69, 9.17) is 0 Å². The third kappa shape index (κ3) is 5.30. The SMILES string of the molecule is Cc1ccc(C2C[C@@H](CCCN[C@H](C)c3ccc(F)c4ccccc34)Cc3ccccc32)cc1C(=O)O. The van der Waals surface area contributed by atoms with E-state index in [0.717, 1.165) is 54.3 Å². The number of carboxylic acid groups (broad SMARTS) is 1. The van der Waals surface area contributed by atoms with Crippen molar-refractivity contribution in [3.63, 3.8) is 0 Å². The molecule has 1 aliphatic carbocycles. The van der Waals surface area contributed by atoms with E-state index in [1.807, 2.05) is 49.4 Å². The zero-order valence-corrected chi connectivity index (χ0v) is 21.5. The van der Waals surface area contributed by atoms with Crippen LogP contribution >= 0.6 is 0 Å². The number of rotatable bonds is 8. The molecule has 0 bridgehead atoms. The number of fused-ring (bicyclic) bond motifs is 2. The molecule has 3 nitrogen and oxygen atoms in total. The van der Waals surface area contributed by atoms with Crippen molar-refractivity contribution in [1.29, 1.82) is 0 Å². The van der Waals surface area contributed by atoms with Gasteiger partial charge in [0.25, 0.3) is 0 Å². The Morgan fingerprint density at radius 1 is 1.03 bits per heavy atom. The van der Waals surface area contributed by atoms with Gasteiger partial charge in [0.2, 0.25) is 0 Å². The highest BCUT2D eigenvalue weighted by atomic mass is 19.1. The minimum absolute atomic E-state index is 0.132. The summed E-state index contributed by atoms with van der Waals surface area (Å²) >= 11 is 0. The van der Waals surface area contributed by atoms with Gasteiger partial charge in [-0.25, -0.2) is 9.18 Å². The third-order valence-electron chi connectivity index (χ3n) is 8.01. The van der Waals surface area contributed by atoms with E-state index in [2.05, 4.69) is 42.6 Å². The van der Waals surface area contributed by atoms with Gasteiger partial charge in [-0.3, -0.25) is 0 Å². The maximum Gasteiger partial charge on any atom is 0.335 e. The van der Waals surface area contributed by atoms with Crippen molar-refractivity contribution in [1.82, 2.24) is 5.32 Å². The number of aryl methyl sites for hydroxylation is 1. The molecule has 0 spiro atoms. The molecule has 0 amide bonds. The standard InChI is InChI=1S/C33H34FNO2/c1-21-13-14-25(20-30(21)33(36)37)31-19-23(18-24-9-3-4-10-27(24)31)8-7-17-35-22(2)26-15-16-32(34)29-12-6-5-11-28(26)29/h3-6,9-16,20,22-23,31,35H,7-8,17-19H2,1-2H3,(H,36,37)/t22-,23+,31?/m1/s1. The summed E-state index contributed by atoms with van der Waals surface area (Å²) in [7, 11) is 0. The van der Waals surface area contributed by atoms with E-state index >= 15 is 0 Å². The predicted octanol–water partition coefficient (Wildman–Crippen LogP) is 7.81. The van der Waals surface area contributed by atoms with E-state index in [0.29, 0.717) is 16.9 Å². The van der Waals surface area contributed by atoms with Gasteiger partial charge in [-0.15, -0.1) is 0 Å². The van der Waals surface area contributed by atoms with Crippen molar-refractivity contribution in [2.75, 3.05) is 6.54 Å². The lowest BCUT2D eigenvalue weighted by atomic mass is 9.72. The van der Waals surface area contributed by atoms with E-state index in [9.17, 15) is 14.3 Å². The number of carbonyl (C=O) groups is 1. The van der Waals surface area contributed by atoms with Crippen LogP contribution in [0.5, 0.6) is 0 Å². The van der Waals surface area contributed by atoms with Crippen molar-refractivity contribution in [3.05, 3.63) is 118 Å². The smallest absolute Gasteiger partial charge is 0.335 e. The Kier molecular flexibility index (Phi) is 7.38. The Labute approximate surface area is 218 Å². The van der Waals surface area contributed by atoms with Crippen LogP contribution in [0.2, 0.25) is 0 Å². The molecule has 4 aromatic rings. The molecular formula is C33H34FNO2. The van der Waals surface area contributed by atoms with Gasteiger partial charge in [0, 0.05) is 17.3 Å². The summed E-state index contributed by atoms with van der Waals surface area (Å²) < 4.78 is 14.2. The molecule has 0 radical (unpaired) electrons. The van der Waals surface area contributed by atoms with Crippen molar-refractivity contribution >= 4 is 16.7 Å². The zero-order chi connectivity index (χ0) is 25.9. The van der Waals surface area contributed by atoms with Crippen molar-refractivity contribution in [2.45, 2.75) is 51.5 Å². The number of carboxylic acids is 1. The zero-order valence-electron chi connectivity index (χ0n) is 21.5. The molecule has 1 unspecified atom stereocenters. The Morgan fingerprint density at radius 3 is 2.59 bits per heavy atom. The van der Waals surface area contributed by atoms with Gasteiger partial charge in [0.05, 0.1) is 5.56 Å². The van der Waals surface area contributed by atoms with Crippen LogP contribution < -0.4 is 5.32 Å². The summed E-state index contributed by atoms with van der Waals surface area (Å²) in [6, 6.07) is 25.8. The molecule has 0 aliphatic heterocycles. The van der Waals surface area contributed by atoms with Crippen LogP contribution in [0, 0.1) is 18.7 Å². The molecule has 0 saturated carbocycles. The summed E-state index contributed by atoms with van der Waals surface area (Å²) in [6.45, 7) is 4.89. The average molecular weight is 496 g/mol. The molecule has 37 heavy (non-hydrogen) atoms. The van der Waals surface area contributed by atoms with Crippen LogP contribution in [-0.2, 0) is 6.42 Å². The molecule has 5 rings (SSSR count). The summed E-state index contributed by atoms with van der Waals surface area (Å²) in [5.41, 5.74) is 6.11. The van der Waals surface area contributed by atoms with Crippen LogP contribution in [-0.4, -0.2) is 17.6 Å². The first kappa shape index (κ1) is 25.2. The van der Waals surface area contributed by atoms with E-state index < -0.39 is 5.97 Å². The molecule has 0 aromatic heterocycles. The maximum absolute atomic E-state index is 14.2. The van der Waals surface area contributed by atoms with Crippen LogP contribution in [0.25, 0.3) is 10.8 Å². The number of halogens is 1. The van der Waals surface area contributed by atoms with Crippen molar-refractivity contribution in [2.24, 2.45) is 5.92 Å². The fourth-order valence-electron chi connectivity index (χ4n) is 6.02. The maximum atomic E-state index is 14.2. The van der Waals surface area contributed by atoms with E-state index in [-0.39, 0.29) is 17.8 Å². The lowest BCUT2D eigenvalue weighted by Crippen LogP contribution is -2.23. The summed E-state index contributed by atoms with van der Waals surface area (Å²) in [6.07, 6.45) is 4.24. The van der Waals surface area contributed by atoms with E-state index in [1.165, 1.54) is 11.1 Å². The first-order chi connectivity index (χ1) is 17.9. The van der Waals surface area contributed by atoms with Crippen LogP contribution in [0.1, 0.15) is 76.3 Å². The van der Waals surface area contributed by atoms with Crippen LogP contribution in [0.4, 0.5) is 4.39 Å². The summed E-state index contributed by atoms with van der Waals surface area (Å²) in [4.78, 5) is 11.8. The van der Waals surface area contributed by atoms with Crippen LogP contribution in [0.15, 0.2) is 78.9 Å². The second-order valence-electron chi connectivity index (χ2n) is 10.4. The Balaban J connectivity index is 1.26. The predicted molar refractivity (Wildman–Crippen MR) is 148 cm³/mol. The number of aromatic carboxylic acids is 1. The van der Waals surface area contributed by atoms with Gasteiger partial charge >= 0.3 is 5.97 Å². The third-order valence-corrected chi connectivity index (χ3v) is 8.01. The molecule has 0 fully saturated rings. The van der Waals surface area contributed by atoms with Crippen molar-refractivity contribution < 1.29 is 14.3 Å². The Hall–Kier alpha value is -3.50. The summed E-state index contributed by atoms with van der Waals surface area (Å²) in [5.74, 6) is -0.291. The normalized spacial score (nSPS) is 17.9. The Morgan fingerprint density at radius 2 is 1.78 bits per heavy atom. The quantitative estimate of drug-likeness (QED) is 0.245. The minimum atomic E-state index is -0.867. The van der Waals surface area contributed by atoms with Crippen molar-refractivity contribution in [3.8, 4) is 0 Å². The molecule has 4 heteroatoms. The van der Waals surface area contributed by atoms with Gasteiger partial charge in [0.1, 0.15) is 5.82 Å².